The number of hydrogen-bond acceptors (Lipinski definition) is 4. The van der Waals surface area contributed by atoms with Crippen molar-refractivity contribution in [1.29, 1.82) is 0 Å². The third-order valence-electron chi connectivity index (χ3n) is 3.57. The molecular formula is C14H16N6O2. The normalized spacial score (nSPS) is 12.5. The van der Waals surface area contributed by atoms with E-state index in [2.05, 4.69) is 25.4 Å². The molecule has 3 N–H and O–H groups in total. The molecule has 0 radical (unpaired) electrons. The fraction of sp³-hybridized carbons (Fsp3) is 0.286. The number of nitrogens with one attached hydrogen (secondary N) is 3. The van der Waals surface area contributed by atoms with Gasteiger partial charge in [-0.1, -0.05) is 0 Å². The predicted octanol–water partition coefficient (Wildman–Crippen LogP) is 0.854. The van der Waals surface area contributed by atoms with Crippen LogP contribution >= 0.6 is 0 Å². The highest BCUT2D eigenvalue weighted by Crippen LogP contribution is 2.13. The van der Waals surface area contributed by atoms with Crippen molar-refractivity contribution in [3.05, 3.63) is 51.6 Å². The summed E-state index contributed by atoms with van der Waals surface area (Å²) in [6.07, 6.45) is 2.84. The SMILES string of the molecule is Cc1nc(C(C)NC(=O)c2c[nH]n3c(=O)ccnc23)[nH]c1C. The molecule has 0 aliphatic rings. The van der Waals surface area contributed by atoms with Crippen molar-refractivity contribution in [3.8, 4) is 0 Å². The van der Waals surface area contributed by atoms with E-state index in [4.69, 9.17) is 0 Å². The van der Waals surface area contributed by atoms with Crippen LogP contribution < -0.4 is 10.9 Å². The lowest BCUT2D eigenvalue weighted by atomic mass is 10.2. The number of aromatic amines is 2. The number of fused-ring (bicyclic) bond motifs is 1. The van der Waals surface area contributed by atoms with Gasteiger partial charge in [-0.2, -0.15) is 0 Å². The maximum absolute atomic E-state index is 12.4. The maximum atomic E-state index is 12.4. The number of hydrogen-bond donors (Lipinski definition) is 3. The molecule has 0 aromatic carbocycles. The van der Waals surface area contributed by atoms with Crippen LogP contribution in [0, 0.1) is 13.8 Å². The Labute approximate surface area is 125 Å². The topological polar surface area (TPSA) is 108 Å². The van der Waals surface area contributed by atoms with E-state index in [9.17, 15) is 9.59 Å². The van der Waals surface area contributed by atoms with Crippen LogP contribution in [-0.4, -0.2) is 30.5 Å². The third-order valence-corrected chi connectivity index (χ3v) is 3.57. The van der Waals surface area contributed by atoms with Gasteiger partial charge in [0.05, 0.1) is 11.7 Å². The van der Waals surface area contributed by atoms with Crippen molar-refractivity contribution in [3.63, 3.8) is 0 Å². The average Bonchev–Trinajstić information content (AvgIpc) is 3.04. The lowest BCUT2D eigenvalue weighted by molar-refractivity contribution is 0.0940. The van der Waals surface area contributed by atoms with Gasteiger partial charge in [0.25, 0.3) is 11.5 Å². The molecule has 3 heterocycles. The molecule has 0 saturated heterocycles. The number of carbonyl (C=O) groups is 1. The van der Waals surface area contributed by atoms with Gasteiger partial charge in [0, 0.05) is 24.2 Å². The van der Waals surface area contributed by atoms with Crippen molar-refractivity contribution in [1.82, 2.24) is 29.9 Å². The van der Waals surface area contributed by atoms with Crippen LogP contribution in [0.1, 0.15) is 40.5 Å². The minimum absolute atomic E-state index is 0.269. The Bertz CT molecular complexity index is 884. The zero-order valence-corrected chi connectivity index (χ0v) is 12.5. The molecule has 3 aromatic rings. The van der Waals surface area contributed by atoms with Gasteiger partial charge in [0.15, 0.2) is 5.65 Å². The van der Waals surface area contributed by atoms with Gasteiger partial charge in [0.2, 0.25) is 0 Å². The molecule has 0 aliphatic heterocycles. The Morgan fingerprint density at radius 2 is 2.18 bits per heavy atom. The zero-order valence-electron chi connectivity index (χ0n) is 12.5. The lowest BCUT2D eigenvalue weighted by Crippen LogP contribution is -2.27. The van der Waals surface area contributed by atoms with E-state index >= 15 is 0 Å². The molecule has 0 fully saturated rings. The van der Waals surface area contributed by atoms with Gasteiger partial charge < -0.3 is 10.3 Å². The molecule has 3 rings (SSSR count). The largest absolute Gasteiger partial charge is 0.344 e. The Kier molecular flexibility index (Phi) is 3.28. The fourth-order valence-electron chi connectivity index (χ4n) is 2.21. The van der Waals surface area contributed by atoms with E-state index in [1.165, 1.54) is 23.0 Å². The van der Waals surface area contributed by atoms with Gasteiger partial charge in [-0.15, -0.1) is 0 Å². The van der Waals surface area contributed by atoms with Crippen LogP contribution in [0.25, 0.3) is 5.65 Å². The molecule has 3 aromatic heterocycles. The highest BCUT2D eigenvalue weighted by atomic mass is 16.2. The van der Waals surface area contributed by atoms with Crippen molar-refractivity contribution in [2.24, 2.45) is 0 Å². The monoisotopic (exact) mass is 300 g/mol. The summed E-state index contributed by atoms with van der Waals surface area (Å²) < 4.78 is 1.22. The second-order valence-corrected chi connectivity index (χ2v) is 5.16. The summed E-state index contributed by atoms with van der Waals surface area (Å²) in [5, 5.41) is 5.56. The minimum Gasteiger partial charge on any atom is -0.344 e. The lowest BCUT2D eigenvalue weighted by Gasteiger charge is -2.10. The average molecular weight is 300 g/mol. The molecule has 1 atom stereocenters. The van der Waals surface area contributed by atoms with E-state index in [1.807, 2.05) is 20.8 Å². The van der Waals surface area contributed by atoms with Gasteiger partial charge in [0.1, 0.15) is 11.4 Å². The number of nitrogens with zero attached hydrogens (tertiary/aromatic N) is 3. The predicted molar refractivity (Wildman–Crippen MR) is 79.8 cm³/mol. The van der Waals surface area contributed by atoms with Gasteiger partial charge in [-0.25, -0.2) is 14.5 Å². The molecule has 22 heavy (non-hydrogen) atoms. The molecule has 8 heteroatoms. The van der Waals surface area contributed by atoms with Gasteiger partial charge in [-0.05, 0) is 20.8 Å². The molecule has 1 amide bonds. The van der Waals surface area contributed by atoms with E-state index in [1.54, 1.807) is 0 Å². The molecule has 0 bridgehead atoms. The molecule has 1 unspecified atom stereocenters. The molecule has 0 spiro atoms. The number of imidazole rings is 1. The minimum atomic E-state index is -0.323. The number of carbonyl (C=O) groups excluding carboxylic acids is 1. The number of aromatic nitrogens is 5. The summed E-state index contributed by atoms with van der Waals surface area (Å²) in [6, 6.07) is 1.03. The molecule has 0 saturated carbocycles. The van der Waals surface area contributed by atoms with E-state index in [-0.39, 0.29) is 17.5 Å². The Hall–Kier alpha value is -2.90. The summed E-state index contributed by atoms with van der Waals surface area (Å²) in [5.41, 5.74) is 2.20. The number of rotatable bonds is 3. The fourth-order valence-corrected chi connectivity index (χ4v) is 2.21. The second-order valence-electron chi connectivity index (χ2n) is 5.16. The first-order chi connectivity index (χ1) is 10.5. The summed E-state index contributed by atoms with van der Waals surface area (Å²) in [4.78, 5) is 35.6. The number of amides is 1. The first-order valence-corrected chi connectivity index (χ1v) is 6.86. The highest BCUT2D eigenvalue weighted by Gasteiger charge is 2.18. The van der Waals surface area contributed by atoms with Crippen LogP contribution in [0.2, 0.25) is 0 Å². The van der Waals surface area contributed by atoms with Crippen LogP contribution in [0.4, 0.5) is 0 Å². The third kappa shape index (κ3) is 2.28. The summed E-state index contributed by atoms with van der Waals surface area (Å²) in [7, 11) is 0. The summed E-state index contributed by atoms with van der Waals surface area (Å²) in [6.45, 7) is 5.67. The van der Waals surface area contributed by atoms with E-state index in [0.29, 0.717) is 17.0 Å². The summed E-state index contributed by atoms with van der Waals surface area (Å²) >= 11 is 0. The van der Waals surface area contributed by atoms with Crippen LogP contribution in [0.5, 0.6) is 0 Å². The number of H-pyrrole nitrogens is 2. The van der Waals surface area contributed by atoms with Gasteiger partial charge >= 0.3 is 0 Å². The molecular weight excluding hydrogens is 284 g/mol. The molecule has 8 nitrogen and oxygen atoms in total. The van der Waals surface area contributed by atoms with Gasteiger partial charge in [-0.3, -0.25) is 14.7 Å². The highest BCUT2D eigenvalue weighted by molar-refractivity contribution is 5.99. The van der Waals surface area contributed by atoms with Crippen LogP contribution in [-0.2, 0) is 0 Å². The quantitative estimate of drug-likeness (QED) is 0.666. The molecule has 0 aliphatic carbocycles. The second kappa shape index (κ2) is 5.14. The Balaban J connectivity index is 1.87. The zero-order chi connectivity index (χ0) is 15.9. The van der Waals surface area contributed by atoms with Crippen LogP contribution in [0.15, 0.2) is 23.3 Å². The van der Waals surface area contributed by atoms with Crippen molar-refractivity contribution >= 4 is 11.6 Å². The first kappa shape index (κ1) is 14.1. The number of aryl methyl sites for hydroxylation is 2. The maximum Gasteiger partial charge on any atom is 0.272 e. The standard InChI is InChI=1S/C14H16N6O2/c1-7-8(2)18-12(17-7)9(3)19-14(22)10-6-16-20-11(21)4-5-15-13(10)20/h4-6,9,16H,1-3H3,(H,17,18)(H,19,22). The van der Waals surface area contributed by atoms with Crippen molar-refractivity contribution in [2.45, 2.75) is 26.8 Å². The van der Waals surface area contributed by atoms with E-state index in [0.717, 1.165) is 11.4 Å². The van der Waals surface area contributed by atoms with Crippen molar-refractivity contribution in [2.75, 3.05) is 0 Å². The van der Waals surface area contributed by atoms with E-state index < -0.39 is 0 Å². The first-order valence-electron chi connectivity index (χ1n) is 6.86. The Morgan fingerprint density at radius 1 is 1.41 bits per heavy atom. The smallest absolute Gasteiger partial charge is 0.272 e. The van der Waals surface area contributed by atoms with Crippen molar-refractivity contribution < 1.29 is 4.79 Å². The Morgan fingerprint density at radius 3 is 2.86 bits per heavy atom. The molecule has 114 valence electrons. The van der Waals surface area contributed by atoms with Crippen LogP contribution in [0.3, 0.4) is 0 Å². The summed E-state index contributed by atoms with van der Waals surface area (Å²) in [5.74, 6) is 0.365.